The minimum Gasteiger partial charge on any atom is -0.478 e. The quantitative estimate of drug-likeness (QED) is 0.779. The molecule has 1 aromatic heterocycles. The molecule has 1 N–H and O–H groups in total. The Morgan fingerprint density at radius 1 is 1.43 bits per heavy atom. The third-order valence-corrected chi connectivity index (χ3v) is 2.07. The summed E-state index contributed by atoms with van der Waals surface area (Å²) in [5.41, 5.74) is 0.615. The standard InChI is InChI=1S/C9H5ClN2O2/c10-5-1-2-6-7(9(13)14)4-11-12-8(6)3-5/h1-4H,(H,13,14). The van der Waals surface area contributed by atoms with Gasteiger partial charge in [0.2, 0.25) is 0 Å². The molecule has 0 aliphatic rings. The lowest BCUT2D eigenvalue weighted by molar-refractivity contribution is 0.0698. The number of carboxylic acids is 1. The van der Waals surface area contributed by atoms with Crippen molar-refractivity contribution in [3.8, 4) is 0 Å². The third kappa shape index (κ3) is 1.40. The highest BCUT2D eigenvalue weighted by atomic mass is 35.5. The van der Waals surface area contributed by atoms with Gasteiger partial charge in [0.15, 0.2) is 0 Å². The Kier molecular flexibility index (Phi) is 2.05. The second-order valence-electron chi connectivity index (χ2n) is 2.72. The van der Waals surface area contributed by atoms with Gasteiger partial charge < -0.3 is 5.11 Å². The van der Waals surface area contributed by atoms with Crippen LogP contribution >= 0.6 is 11.6 Å². The minimum absolute atomic E-state index is 0.131. The highest BCUT2D eigenvalue weighted by molar-refractivity contribution is 6.31. The molecule has 2 aromatic rings. The number of rotatable bonds is 1. The molecular formula is C9H5ClN2O2. The molecule has 0 saturated carbocycles. The molecule has 0 aliphatic heterocycles. The average molecular weight is 209 g/mol. The van der Waals surface area contributed by atoms with Gasteiger partial charge in [0.1, 0.15) is 0 Å². The van der Waals surface area contributed by atoms with E-state index in [9.17, 15) is 4.79 Å². The maximum absolute atomic E-state index is 10.8. The van der Waals surface area contributed by atoms with Crippen LogP contribution in [0.4, 0.5) is 0 Å². The van der Waals surface area contributed by atoms with E-state index in [4.69, 9.17) is 16.7 Å². The van der Waals surface area contributed by atoms with E-state index in [2.05, 4.69) is 10.2 Å². The number of halogens is 1. The van der Waals surface area contributed by atoms with E-state index in [1.165, 1.54) is 6.20 Å². The Morgan fingerprint density at radius 2 is 2.21 bits per heavy atom. The molecule has 0 fully saturated rings. The molecule has 0 amide bonds. The summed E-state index contributed by atoms with van der Waals surface area (Å²) in [5.74, 6) is -1.02. The number of nitrogens with zero attached hydrogens (tertiary/aromatic N) is 2. The number of aromatic nitrogens is 2. The van der Waals surface area contributed by atoms with Gasteiger partial charge in [-0.2, -0.15) is 10.2 Å². The fourth-order valence-corrected chi connectivity index (χ4v) is 1.37. The summed E-state index contributed by atoms with van der Waals surface area (Å²) in [6.45, 7) is 0. The molecule has 0 unspecified atom stereocenters. The monoisotopic (exact) mass is 208 g/mol. The van der Waals surface area contributed by atoms with Gasteiger partial charge in [0.05, 0.1) is 17.3 Å². The topological polar surface area (TPSA) is 63.1 Å². The van der Waals surface area contributed by atoms with E-state index >= 15 is 0 Å². The van der Waals surface area contributed by atoms with Crippen molar-refractivity contribution in [3.05, 3.63) is 35.0 Å². The van der Waals surface area contributed by atoms with Crippen LogP contribution in [0, 0.1) is 0 Å². The summed E-state index contributed by atoms with van der Waals surface area (Å²) < 4.78 is 0. The van der Waals surface area contributed by atoms with Crippen LogP contribution in [0.25, 0.3) is 10.9 Å². The second-order valence-corrected chi connectivity index (χ2v) is 3.16. The van der Waals surface area contributed by atoms with Crippen LogP contribution in [-0.4, -0.2) is 21.3 Å². The van der Waals surface area contributed by atoms with Crippen molar-refractivity contribution in [2.45, 2.75) is 0 Å². The molecule has 0 saturated heterocycles. The zero-order chi connectivity index (χ0) is 10.1. The average Bonchev–Trinajstić information content (AvgIpc) is 2.16. The zero-order valence-corrected chi connectivity index (χ0v) is 7.69. The molecule has 0 radical (unpaired) electrons. The minimum atomic E-state index is -1.02. The van der Waals surface area contributed by atoms with Crippen LogP contribution in [-0.2, 0) is 0 Å². The summed E-state index contributed by atoms with van der Waals surface area (Å²) in [4.78, 5) is 10.8. The maximum Gasteiger partial charge on any atom is 0.338 e. The molecule has 14 heavy (non-hydrogen) atoms. The molecule has 1 aromatic carbocycles. The first-order valence-electron chi connectivity index (χ1n) is 3.83. The number of hydrogen-bond donors (Lipinski definition) is 1. The van der Waals surface area contributed by atoms with Crippen LogP contribution in [0.15, 0.2) is 24.4 Å². The number of fused-ring (bicyclic) bond motifs is 1. The first-order chi connectivity index (χ1) is 6.68. The molecular weight excluding hydrogens is 204 g/mol. The van der Waals surface area contributed by atoms with Crippen LogP contribution < -0.4 is 0 Å². The van der Waals surface area contributed by atoms with E-state index in [-0.39, 0.29) is 5.56 Å². The van der Waals surface area contributed by atoms with E-state index in [0.29, 0.717) is 15.9 Å². The van der Waals surface area contributed by atoms with Gasteiger partial charge in [0, 0.05) is 10.4 Å². The number of carboxylic acid groups (broad SMARTS) is 1. The first kappa shape index (κ1) is 8.90. The van der Waals surface area contributed by atoms with Gasteiger partial charge in [-0.15, -0.1) is 0 Å². The molecule has 70 valence electrons. The van der Waals surface area contributed by atoms with Crippen molar-refractivity contribution in [1.29, 1.82) is 0 Å². The van der Waals surface area contributed by atoms with Gasteiger partial charge >= 0.3 is 5.97 Å². The maximum atomic E-state index is 10.8. The van der Waals surface area contributed by atoms with Gasteiger partial charge in [-0.3, -0.25) is 0 Å². The number of hydrogen-bond acceptors (Lipinski definition) is 3. The normalized spacial score (nSPS) is 10.4. The lowest BCUT2D eigenvalue weighted by Crippen LogP contribution is -1.99. The predicted octanol–water partition coefficient (Wildman–Crippen LogP) is 1.98. The Bertz CT molecular complexity index is 513. The van der Waals surface area contributed by atoms with Crippen LogP contribution in [0.2, 0.25) is 5.02 Å². The molecule has 0 bridgehead atoms. The van der Waals surface area contributed by atoms with Crippen molar-refractivity contribution >= 4 is 28.5 Å². The highest BCUT2D eigenvalue weighted by Crippen LogP contribution is 2.19. The molecule has 0 spiro atoms. The molecule has 1 heterocycles. The van der Waals surface area contributed by atoms with Crippen molar-refractivity contribution < 1.29 is 9.90 Å². The first-order valence-corrected chi connectivity index (χ1v) is 4.20. The third-order valence-electron chi connectivity index (χ3n) is 1.83. The summed E-state index contributed by atoms with van der Waals surface area (Å²) in [5, 5.41) is 17.3. The van der Waals surface area contributed by atoms with Crippen molar-refractivity contribution in [1.82, 2.24) is 10.2 Å². The number of aromatic carboxylic acids is 1. The van der Waals surface area contributed by atoms with Crippen LogP contribution in [0.1, 0.15) is 10.4 Å². The van der Waals surface area contributed by atoms with Crippen molar-refractivity contribution in [2.24, 2.45) is 0 Å². The van der Waals surface area contributed by atoms with Crippen LogP contribution in [0.3, 0.4) is 0 Å². The Morgan fingerprint density at radius 3 is 2.93 bits per heavy atom. The van der Waals surface area contributed by atoms with Gasteiger partial charge in [0.25, 0.3) is 0 Å². The summed E-state index contributed by atoms with van der Waals surface area (Å²) in [6.07, 6.45) is 1.22. The Labute approximate surface area is 84.1 Å². The van der Waals surface area contributed by atoms with E-state index in [1.54, 1.807) is 18.2 Å². The van der Waals surface area contributed by atoms with Crippen molar-refractivity contribution in [2.75, 3.05) is 0 Å². The summed E-state index contributed by atoms with van der Waals surface area (Å²) in [7, 11) is 0. The number of carbonyl (C=O) groups is 1. The van der Waals surface area contributed by atoms with Gasteiger partial charge in [-0.1, -0.05) is 17.7 Å². The molecule has 2 rings (SSSR count). The van der Waals surface area contributed by atoms with E-state index in [1.807, 2.05) is 0 Å². The predicted molar refractivity (Wildman–Crippen MR) is 51.5 cm³/mol. The van der Waals surface area contributed by atoms with E-state index in [0.717, 1.165) is 0 Å². The lowest BCUT2D eigenvalue weighted by atomic mass is 10.1. The van der Waals surface area contributed by atoms with Gasteiger partial charge in [-0.05, 0) is 12.1 Å². The van der Waals surface area contributed by atoms with Gasteiger partial charge in [-0.25, -0.2) is 4.79 Å². The largest absolute Gasteiger partial charge is 0.478 e. The summed E-state index contributed by atoms with van der Waals surface area (Å²) >= 11 is 5.74. The molecule has 4 nitrogen and oxygen atoms in total. The van der Waals surface area contributed by atoms with Crippen LogP contribution in [0.5, 0.6) is 0 Å². The molecule has 5 heteroatoms. The second kappa shape index (κ2) is 3.23. The lowest BCUT2D eigenvalue weighted by Gasteiger charge is -1.99. The molecule has 0 aliphatic carbocycles. The fraction of sp³-hybridized carbons (Fsp3) is 0. The Balaban J connectivity index is 2.81. The Hall–Kier alpha value is -1.68. The summed E-state index contributed by atoms with van der Waals surface area (Å²) in [6, 6.07) is 4.82. The number of benzene rings is 1. The smallest absolute Gasteiger partial charge is 0.338 e. The fourth-order valence-electron chi connectivity index (χ4n) is 1.20. The zero-order valence-electron chi connectivity index (χ0n) is 6.94. The SMILES string of the molecule is O=C(O)c1cnnc2cc(Cl)ccc12. The highest BCUT2D eigenvalue weighted by Gasteiger charge is 2.09. The van der Waals surface area contributed by atoms with E-state index < -0.39 is 5.97 Å². The van der Waals surface area contributed by atoms with Crippen molar-refractivity contribution in [3.63, 3.8) is 0 Å². The molecule has 0 atom stereocenters.